The largest absolute Gasteiger partial charge is 0.497 e. The van der Waals surface area contributed by atoms with Crippen LogP contribution in [0.5, 0.6) is 5.75 Å². The minimum Gasteiger partial charge on any atom is -0.497 e. The Balaban J connectivity index is 0.00000341. The second-order valence-corrected chi connectivity index (χ2v) is 8.25. The van der Waals surface area contributed by atoms with Crippen molar-refractivity contribution >= 4 is 41.3 Å². The second-order valence-electron chi connectivity index (χ2n) is 7.30. The molecule has 2 heterocycles. The van der Waals surface area contributed by atoms with Gasteiger partial charge >= 0.3 is 0 Å². The van der Waals surface area contributed by atoms with Crippen LogP contribution in [0.4, 0.5) is 0 Å². The standard InChI is InChI=1S/C22H33N5O2S.HI/c1-17-16-30-21(26-17)5-4-10-24-22(23-2)25-15-20(27-11-13-29-14-12-27)18-6-8-19(28-3)9-7-18;/h6-9,16,20H,4-5,10-15H2,1-3H3,(H2,23,24,25);1H. The van der Waals surface area contributed by atoms with Crippen LogP contribution in [0.15, 0.2) is 34.6 Å². The van der Waals surface area contributed by atoms with Crippen molar-refractivity contribution in [1.82, 2.24) is 20.5 Å². The van der Waals surface area contributed by atoms with Crippen molar-refractivity contribution < 1.29 is 9.47 Å². The van der Waals surface area contributed by atoms with E-state index in [0.717, 1.165) is 69.6 Å². The Morgan fingerprint density at radius 3 is 2.61 bits per heavy atom. The lowest BCUT2D eigenvalue weighted by Crippen LogP contribution is -2.46. The fraction of sp³-hybridized carbons (Fsp3) is 0.545. The van der Waals surface area contributed by atoms with Crippen molar-refractivity contribution in [3.63, 3.8) is 0 Å². The monoisotopic (exact) mass is 559 g/mol. The Kier molecular flexibility index (Phi) is 11.6. The van der Waals surface area contributed by atoms with Gasteiger partial charge in [-0.2, -0.15) is 0 Å². The van der Waals surface area contributed by atoms with Crippen molar-refractivity contribution in [1.29, 1.82) is 0 Å². The molecule has 1 aromatic heterocycles. The number of halogens is 1. The molecule has 1 aliphatic rings. The zero-order valence-electron chi connectivity index (χ0n) is 18.6. The topological polar surface area (TPSA) is 71.0 Å². The Morgan fingerprint density at radius 1 is 1.26 bits per heavy atom. The number of hydrogen-bond donors (Lipinski definition) is 2. The fourth-order valence-corrected chi connectivity index (χ4v) is 4.37. The van der Waals surface area contributed by atoms with Gasteiger partial charge in [-0.3, -0.25) is 9.89 Å². The summed E-state index contributed by atoms with van der Waals surface area (Å²) in [6.07, 6.45) is 2.02. The third kappa shape index (κ3) is 8.21. The predicted molar refractivity (Wildman–Crippen MR) is 138 cm³/mol. The number of rotatable bonds is 9. The van der Waals surface area contributed by atoms with Gasteiger partial charge in [-0.25, -0.2) is 4.98 Å². The molecule has 0 radical (unpaired) electrons. The van der Waals surface area contributed by atoms with Crippen molar-refractivity contribution in [3.05, 3.63) is 45.9 Å². The molecule has 7 nitrogen and oxygen atoms in total. The number of aromatic nitrogens is 1. The molecular weight excluding hydrogens is 525 g/mol. The summed E-state index contributed by atoms with van der Waals surface area (Å²) in [5.41, 5.74) is 2.37. The van der Waals surface area contributed by atoms with Crippen LogP contribution >= 0.6 is 35.3 Å². The smallest absolute Gasteiger partial charge is 0.191 e. The van der Waals surface area contributed by atoms with Crippen molar-refractivity contribution in [2.45, 2.75) is 25.8 Å². The molecule has 0 saturated carbocycles. The molecule has 31 heavy (non-hydrogen) atoms. The molecule has 2 N–H and O–H groups in total. The second kappa shape index (κ2) is 13.9. The van der Waals surface area contributed by atoms with Gasteiger partial charge in [-0.05, 0) is 31.0 Å². The van der Waals surface area contributed by atoms with Crippen LogP contribution in [0.2, 0.25) is 0 Å². The first-order chi connectivity index (χ1) is 14.7. The van der Waals surface area contributed by atoms with E-state index in [-0.39, 0.29) is 30.0 Å². The Bertz CT molecular complexity index is 793. The van der Waals surface area contributed by atoms with E-state index in [0.29, 0.717) is 0 Å². The van der Waals surface area contributed by atoms with Crippen LogP contribution in [0.1, 0.15) is 28.7 Å². The quantitative estimate of drug-likeness (QED) is 0.213. The third-order valence-corrected chi connectivity index (χ3v) is 6.23. The maximum atomic E-state index is 5.55. The SMILES string of the molecule is CN=C(NCCCc1nc(C)cs1)NCC(c1ccc(OC)cc1)N1CCOCC1.I. The molecule has 0 spiro atoms. The highest BCUT2D eigenvalue weighted by Gasteiger charge is 2.23. The number of thiazole rings is 1. The van der Waals surface area contributed by atoms with Gasteiger partial charge in [0.1, 0.15) is 5.75 Å². The average molecular weight is 560 g/mol. The van der Waals surface area contributed by atoms with Gasteiger partial charge in [0.05, 0.1) is 31.4 Å². The van der Waals surface area contributed by atoms with Gasteiger partial charge in [-0.1, -0.05) is 12.1 Å². The van der Waals surface area contributed by atoms with Crippen LogP contribution in [-0.2, 0) is 11.2 Å². The number of benzene rings is 1. The summed E-state index contributed by atoms with van der Waals surface area (Å²) in [7, 11) is 3.51. The first kappa shape index (κ1) is 25.8. The Labute approximate surface area is 206 Å². The number of hydrogen-bond acceptors (Lipinski definition) is 6. The summed E-state index contributed by atoms with van der Waals surface area (Å²) in [5.74, 6) is 1.71. The highest BCUT2D eigenvalue weighted by Crippen LogP contribution is 2.23. The lowest BCUT2D eigenvalue weighted by molar-refractivity contribution is 0.0170. The fourth-order valence-electron chi connectivity index (χ4n) is 3.55. The molecule has 1 aromatic carbocycles. The summed E-state index contributed by atoms with van der Waals surface area (Å²) in [6, 6.07) is 8.59. The molecule has 172 valence electrons. The van der Waals surface area contributed by atoms with E-state index in [9.17, 15) is 0 Å². The van der Waals surface area contributed by atoms with Crippen LogP contribution in [0.25, 0.3) is 0 Å². The highest BCUT2D eigenvalue weighted by atomic mass is 127. The molecule has 1 unspecified atom stereocenters. The van der Waals surface area contributed by atoms with Crippen LogP contribution in [0.3, 0.4) is 0 Å². The summed E-state index contributed by atoms with van der Waals surface area (Å²) in [5, 5.41) is 10.2. The summed E-state index contributed by atoms with van der Waals surface area (Å²) < 4.78 is 10.9. The molecule has 1 aliphatic heterocycles. The van der Waals surface area contributed by atoms with E-state index in [1.54, 1.807) is 18.4 Å². The Morgan fingerprint density at radius 2 is 2.00 bits per heavy atom. The zero-order chi connectivity index (χ0) is 21.2. The lowest BCUT2D eigenvalue weighted by Gasteiger charge is -2.35. The van der Waals surface area contributed by atoms with Crippen LogP contribution in [-0.4, -0.2) is 69.4 Å². The number of ether oxygens (including phenoxy) is 2. The van der Waals surface area contributed by atoms with E-state index in [2.05, 4.69) is 43.0 Å². The zero-order valence-corrected chi connectivity index (χ0v) is 21.7. The number of aryl methyl sites for hydroxylation is 2. The average Bonchev–Trinajstić information content (AvgIpc) is 3.21. The number of methoxy groups -OCH3 is 1. The minimum atomic E-state index is 0. The van der Waals surface area contributed by atoms with Gasteiger partial charge in [0.15, 0.2) is 5.96 Å². The highest BCUT2D eigenvalue weighted by molar-refractivity contribution is 14.0. The van der Waals surface area contributed by atoms with E-state index >= 15 is 0 Å². The molecule has 1 saturated heterocycles. The van der Waals surface area contributed by atoms with Crippen molar-refractivity contribution in [2.24, 2.45) is 4.99 Å². The number of nitrogens with one attached hydrogen (secondary N) is 2. The van der Waals surface area contributed by atoms with E-state index in [4.69, 9.17) is 9.47 Å². The first-order valence-corrected chi connectivity index (χ1v) is 11.4. The summed E-state index contributed by atoms with van der Waals surface area (Å²) in [4.78, 5) is 11.4. The van der Waals surface area contributed by atoms with Crippen LogP contribution < -0.4 is 15.4 Å². The lowest BCUT2D eigenvalue weighted by atomic mass is 10.0. The number of aliphatic imine (C=N–C) groups is 1. The van der Waals surface area contributed by atoms with Gasteiger partial charge in [-0.15, -0.1) is 35.3 Å². The number of nitrogens with zero attached hydrogens (tertiary/aromatic N) is 3. The Hall–Kier alpha value is -1.43. The number of morpholine rings is 1. The third-order valence-electron chi connectivity index (χ3n) is 5.20. The molecule has 0 bridgehead atoms. The van der Waals surface area contributed by atoms with Gasteiger partial charge in [0.2, 0.25) is 0 Å². The van der Waals surface area contributed by atoms with Crippen molar-refractivity contribution in [2.75, 3.05) is 53.6 Å². The molecule has 1 fully saturated rings. The van der Waals surface area contributed by atoms with E-state index in [1.165, 1.54) is 10.6 Å². The maximum Gasteiger partial charge on any atom is 0.191 e. The molecular formula is C22H34IN5O2S. The molecule has 0 amide bonds. The van der Waals surface area contributed by atoms with Crippen molar-refractivity contribution in [3.8, 4) is 5.75 Å². The normalized spacial score (nSPS) is 15.8. The summed E-state index contributed by atoms with van der Waals surface area (Å²) in [6.45, 7) is 7.08. The van der Waals surface area contributed by atoms with Crippen LogP contribution in [0, 0.1) is 6.92 Å². The molecule has 0 aliphatic carbocycles. The van der Waals surface area contributed by atoms with E-state index < -0.39 is 0 Å². The predicted octanol–water partition coefficient (Wildman–Crippen LogP) is 3.25. The molecule has 3 rings (SSSR count). The molecule has 9 heteroatoms. The van der Waals surface area contributed by atoms with Gasteiger partial charge in [0, 0.05) is 50.7 Å². The summed E-state index contributed by atoms with van der Waals surface area (Å²) >= 11 is 1.73. The maximum absolute atomic E-state index is 5.55. The molecule has 1 atom stereocenters. The van der Waals surface area contributed by atoms with Gasteiger partial charge in [0.25, 0.3) is 0 Å². The first-order valence-electron chi connectivity index (χ1n) is 10.5. The van der Waals surface area contributed by atoms with E-state index in [1.807, 2.05) is 26.1 Å². The minimum absolute atomic E-state index is 0. The number of guanidine groups is 1. The van der Waals surface area contributed by atoms with Gasteiger partial charge < -0.3 is 20.1 Å². The molecule has 2 aromatic rings.